The van der Waals surface area contributed by atoms with Crippen molar-refractivity contribution in [3.05, 3.63) is 50.7 Å². The number of rotatable bonds is 2. The molecule has 3 aromatic rings. The minimum absolute atomic E-state index is 0.555. The van der Waals surface area contributed by atoms with E-state index in [-0.39, 0.29) is 0 Å². The lowest BCUT2D eigenvalue weighted by Gasteiger charge is -2.07. The first-order chi connectivity index (χ1) is 10.6. The van der Waals surface area contributed by atoms with E-state index in [2.05, 4.69) is 111 Å². The van der Waals surface area contributed by atoms with Crippen LogP contribution in [-0.2, 0) is 0 Å². The molecule has 22 heavy (non-hydrogen) atoms. The van der Waals surface area contributed by atoms with Gasteiger partial charge in [-0.1, -0.05) is 12.1 Å². The van der Waals surface area contributed by atoms with Gasteiger partial charge < -0.3 is 0 Å². The lowest BCUT2D eigenvalue weighted by atomic mass is 10.2. The lowest BCUT2D eigenvalue weighted by molar-refractivity contribution is 0.873. The van der Waals surface area contributed by atoms with Gasteiger partial charge in [-0.2, -0.15) is 0 Å². The monoisotopic (exact) mass is 738 g/mol. The fraction of sp³-hybridized carbons (Fsp3) is 0. The number of hydrogen-bond donors (Lipinski definition) is 0. The molecule has 1 heterocycles. The summed E-state index contributed by atoms with van der Waals surface area (Å²) in [5.41, 5.74) is 1.96. The molecule has 0 aliphatic rings. The van der Waals surface area contributed by atoms with Gasteiger partial charge in [-0.25, -0.2) is 0 Å². The second-order valence-corrected chi connectivity index (χ2v) is 8.89. The third-order valence-electron chi connectivity index (χ3n) is 2.85. The van der Waals surface area contributed by atoms with Crippen molar-refractivity contribution in [1.82, 2.24) is 20.4 Å². The Morgan fingerprint density at radius 2 is 0.773 bits per heavy atom. The second kappa shape index (κ2) is 7.46. The highest BCUT2D eigenvalue weighted by Gasteiger charge is 2.15. The van der Waals surface area contributed by atoms with Crippen molar-refractivity contribution >= 4 is 90.4 Å². The first kappa shape index (κ1) is 17.1. The van der Waals surface area contributed by atoms with Gasteiger partial charge in [0.05, 0.1) is 0 Å². The van der Waals surface area contributed by atoms with Crippen LogP contribution in [0.2, 0.25) is 0 Å². The molecule has 3 rings (SSSR count). The molecule has 0 N–H and O–H groups in total. The Bertz CT molecular complexity index is 726. The van der Waals surface area contributed by atoms with Gasteiger partial charge in [0.2, 0.25) is 11.6 Å². The zero-order valence-corrected chi connectivity index (χ0v) is 19.4. The van der Waals surface area contributed by atoms with Gasteiger partial charge in [0, 0.05) is 25.4 Å². The summed E-state index contributed by atoms with van der Waals surface area (Å²) in [5, 5.41) is 17.2. The van der Waals surface area contributed by atoms with Crippen LogP contribution < -0.4 is 0 Å². The van der Waals surface area contributed by atoms with Gasteiger partial charge in [-0.3, -0.25) is 0 Å². The maximum Gasteiger partial charge on any atom is 0.205 e. The molecule has 0 atom stereocenters. The Labute approximate surface area is 181 Å². The largest absolute Gasteiger partial charge is 0.205 e. The van der Waals surface area contributed by atoms with E-state index in [0.717, 1.165) is 25.4 Å². The van der Waals surface area contributed by atoms with Crippen LogP contribution in [0.3, 0.4) is 0 Å². The Morgan fingerprint density at radius 3 is 1.05 bits per heavy atom. The highest BCUT2D eigenvalue weighted by molar-refractivity contribution is 14.1. The Kier molecular flexibility index (Phi) is 5.81. The van der Waals surface area contributed by atoms with Crippen molar-refractivity contribution in [1.29, 1.82) is 0 Å². The Morgan fingerprint density at radius 1 is 0.500 bits per heavy atom. The molecule has 8 heteroatoms. The predicted molar refractivity (Wildman–Crippen MR) is 119 cm³/mol. The molecule has 110 valence electrons. The summed E-state index contributed by atoms with van der Waals surface area (Å²) < 4.78 is 4.35. The lowest BCUT2D eigenvalue weighted by Crippen LogP contribution is -2.03. The highest BCUT2D eigenvalue weighted by atomic mass is 127. The summed E-state index contributed by atoms with van der Waals surface area (Å²) in [4.78, 5) is 0. The number of aromatic nitrogens is 4. The van der Waals surface area contributed by atoms with Crippen molar-refractivity contribution in [2.24, 2.45) is 0 Å². The highest BCUT2D eigenvalue weighted by Crippen LogP contribution is 2.29. The second-order valence-electron chi connectivity index (χ2n) is 4.24. The first-order valence-corrected chi connectivity index (χ1v) is 10.4. The average molecular weight is 738 g/mol. The van der Waals surface area contributed by atoms with Crippen molar-refractivity contribution < 1.29 is 0 Å². The number of halogens is 4. The SMILES string of the molecule is Ic1cccc(I)c1-c1nnc(-c2c(I)cccc2I)nn1. The molecule has 0 radical (unpaired) electrons. The Balaban J connectivity index is 2.08. The molecule has 2 aromatic carbocycles. The maximum atomic E-state index is 4.29. The van der Waals surface area contributed by atoms with Crippen molar-refractivity contribution in [2.45, 2.75) is 0 Å². The molecule has 0 saturated carbocycles. The van der Waals surface area contributed by atoms with E-state index in [1.54, 1.807) is 0 Å². The molecule has 0 aliphatic carbocycles. The van der Waals surface area contributed by atoms with E-state index in [0.29, 0.717) is 11.6 Å². The van der Waals surface area contributed by atoms with Crippen LogP contribution in [-0.4, -0.2) is 20.4 Å². The van der Waals surface area contributed by atoms with E-state index in [4.69, 9.17) is 0 Å². The third kappa shape index (κ3) is 3.53. The summed E-state index contributed by atoms with van der Waals surface area (Å²) in [6, 6.07) is 12.1. The Hall–Kier alpha value is 0.300. The molecule has 4 nitrogen and oxygen atoms in total. The molecule has 1 aromatic heterocycles. The molecular weight excluding hydrogens is 732 g/mol. The van der Waals surface area contributed by atoms with Gasteiger partial charge in [0.15, 0.2) is 0 Å². The molecule has 0 amide bonds. The van der Waals surface area contributed by atoms with Gasteiger partial charge in [0.25, 0.3) is 0 Å². The van der Waals surface area contributed by atoms with Crippen LogP contribution in [0.25, 0.3) is 22.8 Å². The van der Waals surface area contributed by atoms with Crippen LogP contribution in [0.15, 0.2) is 36.4 Å². The van der Waals surface area contributed by atoms with Crippen molar-refractivity contribution in [2.75, 3.05) is 0 Å². The molecule has 0 unspecified atom stereocenters. The molecule has 0 aliphatic heterocycles. The standard InChI is InChI=1S/C14H6I4N4/c15-7-3-1-4-8(16)11(7)13-19-21-14(22-20-13)12-9(17)5-2-6-10(12)18/h1-6H. The predicted octanol–water partition coefficient (Wildman–Crippen LogP) is 5.02. The minimum Gasteiger partial charge on any atom is -0.126 e. The van der Waals surface area contributed by atoms with Gasteiger partial charge in [-0.15, -0.1) is 20.4 Å². The normalized spacial score (nSPS) is 10.7. The van der Waals surface area contributed by atoms with E-state index in [1.165, 1.54) is 0 Å². The molecule has 0 bridgehead atoms. The van der Waals surface area contributed by atoms with Crippen LogP contribution >= 0.6 is 90.4 Å². The minimum atomic E-state index is 0.555. The van der Waals surface area contributed by atoms with Crippen LogP contribution in [0.1, 0.15) is 0 Å². The summed E-state index contributed by atoms with van der Waals surface area (Å²) in [6.45, 7) is 0. The van der Waals surface area contributed by atoms with E-state index < -0.39 is 0 Å². The van der Waals surface area contributed by atoms with Crippen LogP contribution in [0, 0.1) is 14.3 Å². The van der Waals surface area contributed by atoms with Crippen LogP contribution in [0.4, 0.5) is 0 Å². The molecule has 0 saturated heterocycles. The zero-order chi connectivity index (χ0) is 15.7. The molecule has 0 spiro atoms. The summed E-state index contributed by atoms with van der Waals surface area (Å²) in [6.07, 6.45) is 0. The van der Waals surface area contributed by atoms with Gasteiger partial charge in [0.1, 0.15) is 0 Å². The maximum absolute atomic E-state index is 4.29. The van der Waals surface area contributed by atoms with E-state index >= 15 is 0 Å². The van der Waals surface area contributed by atoms with Crippen LogP contribution in [0.5, 0.6) is 0 Å². The van der Waals surface area contributed by atoms with Gasteiger partial charge >= 0.3 is 0 Å². The number of benzene rings is 2. The smallest absolute Gasteiger partial charge is 0.126 e. The number of nitrogens with zero attached hydrogens (tertiary/aromatic N) is 4. The quantitative estimate of drug-likeness (QED) is 0.347. The summed E-state index contributed by atoms with van der Waals surface area (Å²) >= 11 is 9.11. The number of hydrogen-bond acceptors (Lipinski definition) is 4. The topological polar surface area (TPSA) is 51.6 Å². The van der Waals surface area contributed by atoms with Gasteiger partial charge in [-0.05, 0) is 115 Å². The molecule has 0 fully saturated rings. The summed E-state index contributed by atoms with van der Waals surface area (Å²) in [5.74, 6) is 1.11. The third-order valence-corrected chi connectivity index (χ3v) is 6.45. The van der Waals surface area contributed by atoms with E-state index in [1.807, 2.05) is 36.4 Å². The van der Waals surface area contributed by atoms with E-state index in [9.17, 15) is 0 Å². The zero-order valence-electron chi connectivity index (χ0n) is 10.8. The summed E-state index contributed by atoms with van der Waals surface area (Å²) in [7, 11) is 0. The first-order valence-electron chi connectivity index (χ1n) is 6.04. The average Bonchev–Trinajstić information content (AvgIpc) is 2.48. The fourth-order valence-corrected chi connectivity index (χ4v) is 5.84. The fourth-order valence-electron chi connectivity index (χ4n) is 1.85. The van der Waals surface area contributed by atoms with Crippen molar-refractivity contribution in [3.63, 3.8) is 0 Å². The molecular formula is C14H6I4N4. The van der Waals surface area contributed by atoms with Crippen molar-refractivity contribution in [3.8, 4) is 22.8 Å².